The van der Waals surface area contributed by atoms with E-state index in [0.29, 0.717) is 19.8 Å². The SMILES string of the molecule is CNCC(O)COCc1ccc(OC)cc1. The first-order valence-corrected chi connectivity index (χ1v) is 5.29. The van der Waals surface area contributed by atoms with Crippen LogP contribution < -0.4 is 10.1 Å². The lowest BCUT2D eigenvalue weighted by Gasteiger charge is -2.10. The molecule has 1 aromatic rings. The summed E-state index contributed by atoms with van der Waals surface area (Å²) in [5.41, 5.74) is 1.07. The Morgan fingerprint density at radius 1 is 1.31 bits per heavy atom. The zero-order valence-corrected chi connectivity index (χ0v) is 9.77. The number of aliphatic hydroxyl groups excluding tert-OH is 1. The summed E-state index contributed by atoms with van der Waals surface area (Å²) in [6.45, 7) is 1.39. The molecule has 1 atom stereocenters. The van der Waals surface area contributed by atoms with Gasteiger partial charge in [-0.2, -0.15) is 0 Å². The molecule has 0 aliphatic heterocycles. The third-order valence-corrected chi connectivity index (χ3v) is 2.18. The molecule has 4 nitrogen and oxygen atoms in total. The van der Waals surface area contributed by atoms with Crippen molar-refractivity contribution in [1.82, 2.24) is 5.32 Å². The van der Waals surface area contributed by atoms with Crippen molar-refractivity contribution in [2.45, 2.75) is 12.7 Å². The van der Waals surface area contributed by atoms with Gasteiger partial charge >= 0.3 is 0 Å². The lowest BCUT2D eigenvalue weighted by Crippen LogP contribution is -2.27. The van der Waals surface area contributed by atoms with Crippen LogP contribution >= 0.6 is 0 Å². The molecule has 0 bridgehead atoms. The summed E-state index contributed by atoms with van der Waals surface area (Å²) < 4.78 is 10.4. The van der Waals surface area contributed by atoms with Crippen LogP contribution in [0, 0.1) is 0 Å². The zero-order valence-electron chi connectivity index (χ0n) is 9.77. The predicted molar refractivity (Wildman–Crippen MR) is 62.6 cm³/mol. The minimum absolute atomic E-state index is 0.340. The molecule has 0 aliphatic rings. The summed E-state index contributed by atoms with van der Waals surface area (Å²) in [4.78, 5) is 0. The Morgan fingerprint density at radius 3 is 2.56 bits per heavy atom. The van der Waals surface area contributed by atoms with Crippen molar-refractivity contribution in [1.29, 1.82) is 0 Å². The largest absolute Gasteiger partial charge is 0.497 e. The Labute approximate surface area is 96.2 Å². The Morgan fingerprint density at radius 2 is 2.00 bits per heavy atom. The molecule has 0 fully saturated rings. The van der Waals surface area contributed by atoms with Gasteiger partial charge in [0.05, 0.1) is 26.4 Å². The highest BCUT2D eigenvalue weighted by Crippen LogP contribution is 2.11. The molecule has 0 saturated heterocycles. The van der Waals surface area contributed by atoms with Gasteiger partial charge in [-0.15, -0.1) is 0 Å². The number of hydrogen-bond donors (Lipinski definition) is 2. The van der Waals surface area contributed by atoms with Crippen LogP contribution in [0.1, 0.15) is 5.56 Å². The van der Waals surface area contributed by atoms with Gasteiger partial charge < -0.3 is 19.9 Å². The lowest BCUT2D eigenvalue weighted by atomic mass is 10.2. The first-order chi connectivity index (χ1) is 7.76. The summed E-state index contributed by atoms with van der Waals surface area (Å²) >= 11 is 0. The highest BCUT2D eigenvalue weighted by Gasteiger charge is 2.02. The maximum Gasteiger partial charge on any atom is 0.118 e. The van der Waals surface area contributed by atoms with E-state index in [9.17, 15) is 5.11 Å². The summed E-state index contributed by atoms with van der Waals surface area (Å²) in [5.74, 6) is 0.832. The molecular formula is C12H19NO3. The van der Waals surface area contributed by atoms with Crippen LogP contribution in [0.5, 0.6) is 5.75 Å². The van der Waals surface area contributed by atoms with E-state index in [0.717, 1.165) is 11.3 Å². The summed E-state index contributed by atoms with van der Waals surface area (Å²) in [5, 5.41) is 12.3. The number of hydrogen-bond acceptors (Lipinski definition) is 4. The molecule has 1 unspecified atom stereocenters. The van der Waals surface area contributed by atoms with Gasteiger partial charge in [0.25, 0.3) is 0 Å². The number of aliphatic hydroxyl groups is 1. The fourth-order valence-electron chi connectivity index (χ4n) is 1.33. The molecule has 0 aliphatic carbocycles. The molecule has 90 valence electrons. The van der Waals surface area contributed by atoms with Crippen molar-refractivity contribution in [3.05, 3.63) is 29.8 Å². The van der Waals surface area contributed by atoms with E-state index in [1.54, 1.807) is 14.2 Å². The standard InChI is InChI=1S/C12H19NO3/c1-13-7-11(14)9-16-8-10-3-5-12(15-2)6-4-10/h3-6,11,13-14H,7-9H2,1-2H3. The molecule has 0 amide bonds. The van der Waals surface area contributed by atoms with Crippen LogP contribution in [0.2, 0.25) is 0 Å². The van der Waals surface area contributed by atoms with Crippen LogP contribution in [0.3, 0.4) is 0 Å². The van der Waals surface area contributed by atoms with E-state index >= 15 is 0 Å². The normalized spacial score (nSPS) is 12.4. The third-order valence-electron chi connectivity index (χ3n) is 2.18. The van der Waals surface area contributed by atoms with Gasteiger partial charge in [-0.3, -0.25) is 0 Å². The maximum atomic E-state index is 9.40. The third kappa shape index (κ3) is 4.61. The molecule has 0 radical (unpaired) electrons. The van der Waals surface area contributed by atoms with Crippen LogP contribution in [0.4, 0.5) is 0 Å². The van der Waals surface area contributed by atoms with E-state index in [1.807, 2.05) is 24.3 Å². The van der Waals surface area contributed by atoms with Crippen LogP contribution in [0.15, 0.2) is 24.3 Å². The van der Waals surface area contributed by atoms with E-state index < -0.39 is 6.10 Å². The Balaban J connectivity index is 2.26. The van der Waals surface area contributed by atoms with Crippen molar-refractivity contribution in [2.24, 2.45) is 0 Å². The fraction of sp³-hybridized carbons (Fsp3) is 0.500. The quantitative estimate of drug-likeness (QED) is 0.720. The minimum atomic E-state index is -0.455. The second kappa shape index (κ2) is 7.22. The highest BCUT2D eigenvalue weighted by molar-refractivity contribution is 5.26. The lowest BCUT2D eigenvalue weighted by molar-refractivity contribution is 0.0297. The number of methoxy groups -OCH3 is 1. The van der Waals surface area contributed by atoms with E-state index in [2.05, 4.69) is 5.32 Å². The number of likely N-dealkylation sites (N-methyl/N-ethyl adjacent to an activating group) is 1. The van der Waals surface area contributed by atoms with Gasteiger partial charge in [0.15, 0.2) is 0 Å². The van der Waals surface area contributed by atoms with E-state index in [1.165, 1.54) is 0 Å². The minimum Gasteiger partial charge on any atom is -0.497 e. The average molecular weight is 225 g/mol. The molecule has 0 aromatic heterocycles. The predicted octanol–water partition coefficient (Wildman–Crippen LogP) is 0.792. The van der Waals surface area contributed by atoms with E-state index in [4.69, 9.17) is 9.47 Å². The molecular weight excluding hydrogens is 206 g/mol. The van der Waals surface area contributed by atoms with Crippen molar-refractivity contribution >= 4 is 0 Å². The van der Waals surface area contributed by atoms with Crippen molar-refractivity contribution < 1.29 is 14.6 Å². The molecule has 0 saturated carbocycles. The smallest absolute Gasteiger partial charge is 0.118 e. The topological polar surface area (TPSA) is 50.7 Å². The van der Waals surface area contributed by atoms with Gasteiger partial charge in [-0.05, 0) is 24.7 Å². The Kier molecular flexibility index (Phi) is 5.85. The Bertz CT molecular complexity index is 287. The molecule has 16 heavy (non-hydrogen) atoms. The van der Waals surface area contributed by atoms with Crippen LogP contribution in [-0.2, 0) is 11.3 Å². The Hall–Kier alpha value is -1.10. The summed E-state index contributed by atoms with van der Waals surface area (Å²) in [6, 6.07) is 7.68. The summed E-state index contributed by atoms with van der Waals surface area (Å²) in [6.07, 6.45) is -0.455. The van der Waals surface area contributed by atoms with E-state index in [-0.39, 0.29) is 0 Å². The van der Waals surface area contributed by atoms with Crippen molar-refractivity contribution in [3.8, 4) is 5.75 Å². The second-order valence-corrected chi connectivity index (χ2v) is 3.57. The second-order valence-electron chi connectivity index (χ2n) is 3.57. The monoisotopic (exact) mass is 225 g/mol. The number of benzene rings is 1. The van der Waals surface area contributed by atoms with Crippen LogP contribution in [0.25, 0.3) is 0 Å². The van der Waals surface area contributed by atoms with Gasteiger partial charge in [-0.1, -0.05) is 12.1 Å². The molecule has 1 rings (SSSR count). The van der Waals surface area contributed by atoms with Crippen molar-refractivity contribution in [3.63, 3.8) is 0 Å². The van der Waals surface area contributed by atoms with Gasteiger partial charge in [-0.25, -0.2) is 0 Å². The number of nitrogens with one attached hydrogen (secondary N) is 1. The first kappa shape index (κ1) is 13.0. The van der Waals surface area contributed by atoms with Gasteiger partial charge in [0.1, 0.15) is 5.75 Å². The highest BCUT2D eigenvalue weighted by atomic mass is 16.5. The summed E-state index contributed by atoms with van der Waals surface area (Å²) in [7, 11) is 3.44. The maximum absolute atomic E-state index is 9.40. The molecule has 2 N–H and O–H groups in total. The van der Waals surface area contributed by atoms with Crippen LogP contribution in [-0.4, -0.2) is 38.5 Å². The van der Waals surface area contributed by atoms with Gasteiger partial charge in [0, 0.05) is 6.54 Å². The first-order valence-electron chi connectivity index (χ1n) is 5.29. The van der Waals surface area contributed by atoms with Crippen molar-refractivity contribution in [2.75, 3.05) is 27.3 Å². The molecule has 4 heteroatoms. The number of rotatable bonds is 7. The average Bonchev–Trinajstić information content (AvgIpc) is 2.30. The molecule has 0 spiro atoms. The zero-order chi connectivity index (χ0) is 11.8. The molecule has 0 heterocycles. The molecule has 1 aromatic carbocycles. The number of ether oxygens (including phenoxy) is 2. The fourth-order valence-corrected chi connectivity index (χ4v) is 1.33. The van der Waals surface area contributed by atoms with Gasteiger partial charge in [0.2, 0.25) is 0 Å².